The largest absolute Gasteiger partial charge is 0.465 e. The minimum Gasteiger partial charge on any atom is -0.465 e. The van der Waals surface area contributed by atoms with Crippen LogP contribution in [-0.2, 0) is 14.2 Å². The first-order valence-electron chi connectivity index (χ1n) is 9.44. The summed E-state index contributed by atoms with van der Waals surface area (Å²) in [6.45, 7) is 2.65. The molecule has 1 aromatic carbocycles. The Morgan fingerprint density at radius 1 is 1.10 bits per heavy atom. The van der Waals surface area contributed by atoms with Crippen LogP contribution in [0.25, 0.3) is 0 Å². The number of nitrogens with zero attached hydrogens (tertiary/aromatic N) is 3. The van der Waals surface area contributed by atoms with Crippen LogP contribution >= 0.6 is 0 Å². The average Bonchev–Trinajstić information content (AvgIpc) is 3.22. The number of aromatic nitrogens is 2. The van der Waals surface area contributed by atoms with Crippen molar-refractivity contribution in [2.45, 2.75) is 18.6 Å². The third-order valence-corrected chi connectivity index (χ3v) is 5.06. The quantitative estimate of drug-likeness (QED) is 0.779. The first kappa shape index (κ1) is 19.3. The van der Waals surface area contributed by atoms with Gasteiger partial charge >= 0.3 is 5.97 Å². The molecular weight excluding hydrogens is 376 g/mol. The minimum absolute atomic E-state index is 0.265. The van der Waals surface area contributed by atoms with Gasteiger partial charge in [0.05, 0.1) is 25.9 Å². The summed E-state index contributed by atoms with van der Waals surface area (Å²) < 4.78 is 16.1. The van der Waals surface area contributed by atoms with Crippen molar-refractivity contribution in [1.29, 1.82) is 0 Å². The third kappa shape index (κ3) is 4.20. The Bertz CT molecular complexity index is 886. The zero-order valence-corrected chi connectivity index (χ0v) is 16.1. The molecule has 0 unspecified atom stereocenters. The predicted octanol–water partition coefficient (Wildman–Crippen LogP) is 1.86. The maximum absolute atomic E-state index is 12.6. The van der Waals surface area contributed by atoms with Gasteiger partial charge in [0.15, 0.2) is 5.79 Å². The lowest BCUT2D eigenvalue weighted by Gasteiger charge is -2.37. The van der Waals surface area contributed by atoms with Crippen LogP contribution in [0.4, 0.5) is 11.6 Å². The number of nitrogens with one attached hydrogen (secondary N) is 1. The molecule has 1 spiro atoms. The Morgan fingerprint density at radius 3 is 2.45 bits per heavy atom. The fourth-order valence-corrected chi connectivity index (χ4v) is 3.46. The molecule has 1 N–H and O–H groups in total. The molecular formula is C20H22N4O5. The number of benzene rings is 1. The van der Waals surface area contributed by atoms with Crippen LogP contribution < -0.4 is 10.2 Å². The SMILES string of the molecule is COC(=O)c1ccc(NC(=O)c2ccnc(N3CCC4(CC3)OCCO4)n2)cc1. The predicted molar refractivity (Wildman–Crippen MR) is 104 cm³/mol. The van der Waals surface area contributed by atoms with E-state index in [0.717, 1.165) is 12.8 Å². The summed E-state index contributed by atoms with van der Waals surface area (Å²) in [4.78, 5) is 34.8. The van der Waals surface area contributed by atoms with Crippen LogP contribution in [0.15, 0.2) is 36.5 Å². The standard InChI is InChI=1S/C20H22N4O5/c1-27-18(26)14-2-4-15(5-3-14)22-17(25)16-6-9-21-19(23-16)24-10-7-20(8-11-24)28-12-13-29-20/h2-6,9H,7-8,10-13H2,1H3,(H,22,25). The second kappa shape index (κ2) is 8.14. The molecule has 2 fully saturated rings. The molecule has 0 aliphatic carbocycles. The van der Waals surface area contributed by atoms with Gasteiger partial charge < -0.3 is 24.4 Å². The van der Waals surface area contributed by atoms with Crippen molar-refractivity contribution in [3.05, 3.63) is 47.8 Å². The highest BCUT2D eigenvalue weighted by molar-refractivity contribution is 6.03. The van der Waals surface area contributed by atoms with E-state index in [4.69, 9.17) is 9.47 Å². The monoisotopic (exact) mass is 398 g/mol. The molecule has 2 aliphatic rings. The van der Waals surface area contributed by atoms with Crippen molar-refractivity contribution in [3.63, 3.8) is 0 Å². The van der Waals surface area contributed by atoms with Crippen LogP contribution in [0.2, 0.25) is 0 Å². The number of methoxy groups -OCH3 is 1. The van der Waals surface area contributed by atoms with Crippen molar-refractivity contribution < 1.29 is 23.8 Å². The lowest BCUT2D eigenvalue weighted by Crippen LogP contribution is -2.45. The Hall–Kier alpha value is -3.04. The molecule has 9 heteroatoms. The molecule has 2 aliphatic heterocycles. The smallest absolute Gasteiger partial charge is 0.337 e. The topological polar surface area (TPSA) is 103 Å². The molecule has 152 valence electrons. The molecule has 29 heavy (non-hydrogen) atoms. The zero-order valence-electron chi connectivity index (χ0n) is 16.1. The molecule has 4 rings (SSSR count). The molecule has 1 amide bonds. The van der Waals surface area contributed by atoms with Crippen molar-refractivity contribution in [1.82, 2.24) is 9.97 Å². The molecule has 9 nitrogen and oxygen atoms in total. The van der Waals surface area contributed by atoms with E-state index in [0.29, 0.717) is 43.5 Å². The van der Waals surface area contributed by atoms with Crippen LogP contribution in [0.5, 0.6) is 0 Å². The highest BCUT2D eigenvalue weighted by Gasteiger charge is 2.40. The van der Waals surface area contributed by atoms with Gasteiger partial charge in [-0.25, -0.2) is 14.8 Å². The number of anilines is 2. The minimum atomic E-state index is -0.470. The van der Waals surface area contributed by atoms with Gasteiger partial charge in [-0.05, 0) is 30.3 Å². The summed E-state index contributed by atoms with van der Waals surface area (Å²) >= 11 is 0. The van der Waals surface area contributed by atoms with E-state index in [2.05, 4.69) is 20.0 Å². The summed E-state index contributed by atoms with van der Waals surface area (Å²) in [5.74, 6) is -0.746. The fraction of sp³-hybridized carbons (Fsp3) is 0.400. The van der Waals surface area contributed by atoms with E-state index >= 15 is 0 Å². The Balaban J connectivity index is 1.40. The van der Waals surface area contributed by atoms with Gasteiger partial charge in [-0.2, -0.15) is 0 Å². The van der Waals surface area contributed by atoms with E-state index in [1.165, 1.54) is 7.11 Å². The van der Waals surface area contributed by atoms with Crippen molar-refractivity contribution in [2.75, 3.05) is 43.6 Å². The molecule has 0 bridgehead atoms. The second-order valence-electron chi connectivity index (χ2n) is 6.86. The Morgan fingerprint density at radius 2 is 1.79 bits per heavy atom. The van der Waals surface area contributed by atoms with Crippen molar-refractivity contribution >= 4 is 23.5 Å². The number of hydrogen-bond acceptors (Lipinski definition) is 8. The van der Waals surface area contributed by atoms with Crippen LogP contribution in [-0.4, -0.2) is 61.0 Å². The number of esters is 1. The lowest BCUT2D eigenvalue weighted by molar-refractivity contribution is -0.169. The van der Waals surface area contributed by atoms with Crippen molar-refractivity contribution in [3.8, 4) is 0 Å². The average molecular weight is 398 g/mol. The maximum atomic E-state index is 12.6. The molecule has 1 aromatic heterocycles. The summed E-state index contributed by atoms with van der Waals surface area (Å²) in [7, 11) is 1.32. The van der Waals surface area contributed by atoms with E-state index in [9.17, 15) is 9.59 Å². The number of carbonyl (C=O) groups excluding carboxylic acids is 2. The maximum Gasteiger partial charge on any atom is 0.337 e. The fourth-order valence-electron chi connectivity index (χ4n) is 3.46. The number of piperidine rings is 1. The van der Waals surface area contributed by atoms with E-state index in [1.807, 2.05) is 4.90 Å². The second-order valence-corrected chi connectivity index (χ2v) is 6.86. The summed E-state index contributed by atoms with van der Waals surface area (Å²) in [6, 6.07) is 8.01. The lowest BCUT2D eigenvalue weighted by atomic mass is 10.0. The van der Waals surface area contributed by atoms with Gasteiger partial charge in [0.2, 0.25) is 5.95 Å². The highest BCUT2D eigenvalue weighted by atomic mass is 16.7. The summed E-state index contributed by atoms with van der Waals surface area (Å²) in [6.07, 6.45) is 3.04. The molecule has 3 heterocycles. The molecule has 0 atom stereocenters. The summed E-state index contributed by atoms with van der Waals surface area (Å²) in [5, 5.41) is 2.77. The molecule has 0 saturated carbocycles. The van der Waals surface area contributed by atoms with Gasteiger partial charge in [-0.3, -0.25) is 4.79 Å². The normalized spacial score (nSPS) is 17.9. The number of carbonyl (C=O) groups is 2. The third-order valence-electron chi connectivity index (χ3n) is 5.06. The molecule has 2 aromatic rings. The Kier molecular flexibility index (Phi) is 5.41. The first-order valence-corrected chi connectivity index (χ1v) is 9.44. The van der Waals surface area contributed by atoms with Crippen LogP contribution in [0, 0.1) is 0 Å². The van der Waals surface area contributed by atoms with E-state index in [1.54, 1.807) is 36.5 Å². The summed E-state index contributed by atoms with van der Waals surface area (Å²) in [5.41, 5.74) is 1.23. The van der Waals surface area contributed by atoms with E-state index < -0.39 is 11.8 Å². The van der Waals surface area contributed by atoms with Gasteiger partial charge in [-0.15, -0.1) is 0 Å². The Labute approximate surface area is 168 Å². The van der Waals surface area contributed by atoms with Gasteiger partial charge in [0, 0.05) is 37.8 Å². The van der Waals surface area contributed by atoms with Gasteiger partial charge in [-0.1, -0.05) is 0 Å². The van der Waals surface area contributed by atoms with E-state index in [-0.39, 0.29) is 11.6 Å². The molecule has 0 radical (unpaired) electrons. The van der Waals surface area contributed by atoms with Crippen LogP contribution in [0.3, 0.4) is 0 Å². The first-order chi connectivity index (χ1) is 14.1. The van der Waals surface area contributed by atoms with Crippen molar-refractivity contribution in [2.24, 2.45) is 0 Å². The van der Waals surface area contributed by atoms with Crippen LogP contribution in [0.1, 0.15) is 33.7 Å². The number of rotatable bonds is 4. The number of amides is 1. The van der Waals surface area contributed by atoms with Gasteiger partial charge in [0.25, 0.3) is 5.91 Å². The number of ether oxygens (including phenoxy) is 3. The van der Waals surface area contributed by atoms with Gasteiger partial charge in [0.1, 0.15) is 5.69 Å². The number of hydrogen-bond donors (Lipinski definition) is 1. The highest BCUT2D eigenvalue weighted by Crippen LogP contribution is 2.32. The molecule has 2 saturated heterocycles. The zero-order chi connectivity index (χ0) is 20.3.